The van der Waals surface area contributed by atoms with Crippen LogP contribution in [0.3, 0.4) is 0 Å². The molecular weight excluding hydrogens is 248 g/mol. The maximum Gasteiger partial charge on any atom is 0.323 e. The maximum atomic E-state index is 12.2. The van der Waals surface area contributed by atoms with Gasteiger partial charge in [-0.3, -0.25) is 14.5 Å². The molecule has 2 atom stereocenters. The van der Waals surface area contributed by atoms with Gasteiger partial charge in [-0.15, -0.1) is 0 Å². The van der Waals surface area contributed by atoms with E-state index in [1.165, 1.54) is 13.5 Å². The van der Waals surface area contributed by atoms with Crippen LogP contribution in [0.1, 0.15) is 25.7 Å². The van der Waals surface area contributed by atoms with E-state index in [2.05, 4.69) is 0 Å². The number of β-amino-alcohol motifs (C(OH)–C–C–N with tert-alkyl or cyclic N) is 1. The van der Waals surface area contributed by atoms with Gasteiger partial charge in [-0.25, -0.2) is 0 Å². The highest BCUT2D eigenvalue weighted by molar-refractivity contribution is 5.81. The molecule has 2 saturated heterocycles. The van der Waals surface area contributed by atoms with E-state index in [0.29, 0.717) is 13.0 Å². The third-order valence-corrected chi connectivity index (χ3v) is 3.90. The van der Waals surface area contributed by atoms with Crippen molar-refractivity contribution in [1.29, 1.82) is 0 Å². The number of rotatable bonds is 3. The van der Waals surface area contributed by atoms with E-state index in [1.54, 1.807) is 4.90 Å². The fraction of sp³-hybridized carbons (Fsp3) is 0.846. The lowest BCUT2D eigenvalue weighted by atomic mass is 10.1. The second kappa shape index (κ2) is 6.34. The molecule has 0 bridgehead atoms. The molecule has 0 saturated carbocycles. The number of aliphatic hydroxyl groups excluding tert-OH is 1. The van der Waals surface area contributed by atoms with Crippen molar-refractivity contribution in [3.63, 3.8) is 0 Å². The first kappa shape index (κ1) is 14.3. The van der Waals surface area contributed by atoms with Crippen molar-refractivity contribution in [2.45, 2.75) is 37.8 Å². The zero-order valence-corrected chi connectivity index (χ0v) is 11.4. The van der Waals surface area contributed by atoms with E-state index < -0.39 is 12.1 Å². The summed E-state index contributed by atoms with van der Waals surface area (Å²) in [6, 6.07) is -0.492. The Morgan fingerprint density at radius 3 is 2.58 bits per heavy atom. The zero-order valence-electron chi connectivity index (χ0n) is 11.4. The van der Waals surface area contributed by atoms with Crippen molar-refractivity contribution >= 4 is 11.9 Å². The predicted molar refractivity (Wildman–Crippen MR) is 68.4 cm³/mol. The van der Waals surface area contributed by atoms with E-state index in [1.807, 2.05) is 4.90 Å². The number of methoxy groups -OCH3 is 1. The topological polar surface area (TPSA) is 70.1 Å². The van der Waals surface area contributed by atoms with Gasteiger partial charge in [0, 0.05) is 26.1 Å². The van der Waals surface area contributed by atoms with Crippen LogP contribution in [0, 0.1) is 0 Å². The molecule has 0 aromatic carbocycles. The van der Waals surface area contributed by atoms with Crippen LogP contribution in [-0.2, 0) is 14.3 Å². The van der Waals surface area contributed by atoms with Crippen LogP contribution in [0.2, 0.25) is 0 Å². The summed E-state index contributed by atoms with van der Waals surface area (Å²) in [5, 5.41) is 9.66. The second-order valence-electron chi connectivity index (χ2n) is 5.30. The molecule has 0 spiro atoms. The minimum absolute atomic E-state index is 0.0442. The van der Waals surface area contributed by atoms with Crippen LogP contribution in [0.5, 0.6) is 0 Å². The molecule has 2 rings (SSSR count). The first-order chi connectivity index (χ1) is 9.11. The van der Waals surface area contributed by atoms with Gasteiger partial charge < -0.3 is 14.7 Å². The lowest BCUT2D eigenvalue weighted by Gasteiger charge is -2.29. The van der Waals surface area contributed by atoms with Crippen LogP contribution in [0.4, 0.5) is 0 Å². The molecule has 6 nitrogen and oxygen atoms in total. The van der Waals surface area contributed by atoms with Gasteiger partial charge in [0.05, 0.1) is 19.8 Å². The Morgan fingerprint density at radius 1 is 1.26 bits per heavy atom. The summed E-state index contributed by atoms with van der Waals surface area (Å²) in [7, 11) is 1.33. The van der Waals surface area contributed by atoms with E-state index in [9.17, 15) is 14.7 Å². The van der Waals surface area contributed by atoms with Gasteiger partial charge in [0.1, 0.15) is 6.04 Å². The highest BCUT2D eigenvalue weighted by Gasteiger charge is 2.38. The predicted octanol–water partition coefficient (Wildman–Crippen LogP) is -0.393. The minimum atomic E-state index is -0.557. The third-order valence-electron chi connectivity index (χ3n) is 3.90. The summed E-state index contributed by atoms with van der Waals surface area (Å²) < 4.78 is 4.72. The molecule has 2 aliphatic rings. The van der Waals surface area contributed by atoms with E-state index in [0.717, 1.165) is 25.9 Å². The zero-order chi connectivity index (χ0) is 13.8. The summed E-state index contributed by atoms with van der Waals surface area (Å²) in [5.74, 6) is -0.328. The number of aliphatic hydroxyl groups is 1. The number of esters is 1. The van der Waals surface area contributed by atoms with Crippen LogP contribution >= 0.6 is 0 Å². The van der Waals surface area contributed by atoms with Crippen LogP contribution in [0.15, 0.2) is 0 Å². The summed E-state index contributed by atoms with van der Waals surface area (Å²) in [6.45, 7) is 2.16. The van der Waals surface area contributed by atoms with Gasteiger partial charge >= 0.3 is 5.97 Å². The van der Waals surface area contributed by atoms with Crippen molar-refractivity contribution in [2.24, 2.45) is 0 Å². The van der Waals surface area contributed by atoms with E-state index >= 15 is 0 Å². The van der Waals surface area contributed by atoms with Gasteiger partial charge in [0.2, 0.25) is 5.91 Å². The number of hydrogen-bond donors (Lipinski definition) is 1. The quantitative estimate of drug-likeness (QED) is 0.707. The summed E-state index contributed by atoms with van der Waals surface area (Å²) in [6.07, 6.45) is 3.07. The highest BCUT2D eigenvalue weighted by Crippen LogP contribution is 2.19. The maximum absolute atomic E-state index is 12.2. The Morgan fingerprint density at radius 2 is 1.95 bits per heavy atom. The van der Waals surface area contributed by atoms with Gasteiger partial charge in [0.15, 0.2) is 0 Å². The molecule has 2 fully saturated rings. The molecule has 0 radical (unpaired) electrons. The van der Waals surface area contributed by atoms with E-state index in [4.69, 9.17) is 4.74 Å². The van der Waals surface area contributed by atoms with Gasteiger partial charge in [-0.05, 0) is 19.3 Å². The van der Waals surface area contributed by atoms with Crippen molar-refractivity contribution in [1.82, 2.24) is 9.80 Å². The first-order valence-corrected chi connectivity index (χ1v) is 6.89. The van der Waals surface area contributed by atoms with Gasteiger partial charge in [-0.1, -0.05) is 0 Å². The molecule has 6 heteroatoms. The molecule has 2 heterocycles. The molecule has 108 valence electrons. The number of hydrogen-bond acceptors (Lipinski definition) is 5. The van der Waals surface area contributed by atoms with Crippen molar-refractivity contribution in [2.75, 3.05) is 33.3 Å². The lowest BCUT2D eigenvalue weighted by molar-refractivity contribution is -0.147. The monoisotopic (exact) mass is 270 g/mol. The fourth-order valence-corrected chi connectivity index (χ4v) is 2.85. The number of ether oxygens (including phenoxy) is 1. The summed E-state index contributed by atoms with van der Waals surface area (Å²) in [4.78, 5) is 27.4. The first-order valence-electron chi connectivity index (χ1n) is 6.89. The third kappa shape index (κ3) is 3.45. The van der Waals surface area contributed by atoms with Crippen LogP contribution in [0.25, 0.3) is 0 Å². The summed E-state index contributed by atoms with van der Waals surface area (Å²) >= 11 is 0. The molecule has 0 aromatic heterocycles. The van der Waals surface area contributed by atoms with E-state index in [-0.39, 0.29) is 18.4 Å². The molecule has 0 aromatic rings. The van der Waals surface area contributed by atoms with Gasteiger partial charge in [0.25, 0.3) is 0 Å². The Labute approximate surface area is 113 Å². The number of nitrogens with zero attached hydrogens (tertiary/aromatic N) is 2. The smallest absolute Gasteiger partial charge is 0.323 e. The van der Waals surface area contributed by atoms with Crippen molar-refractivity contribution in [3.8, 4) is 0 Å². The Balaban J connectivity index is 1.92. The minimum Gasteiger partial charge on any atom is -0.468 e. The lowest BCUT2D eigenvalue weighted by Crippen LogP contribution is -2.46. The molecule has 1 amide bonds. The Bertz CT molecular complexity index is 342. The molecule has 1 N–H and O–H groups in total. The SMILES string of the molecule is COC(=O)C1CC(O)CN1CC(=O)N1CCCCC1. The van der Waals surface area contributed by atoms with Crippen LogP contribution in [-0.4, -0.2) is 72.2 Å². The second-order valence-corrected chi connectivity index (χ2v) is 5.30. The number of carbonyl (C=O) groups is 2. The van der Waals surface area contributed by atoms with Crippen molar-refractivity contribution < 1.29 is 19.4 Å². The van der Waals surface area contributed by atoms with Gasteiger partial charge in [-0.2, -0.15) is 0 Å². The average molecular weight is 270 g/mol. The molecule has 2 unspecified atom stereocenters. The molecule has 0 aliphatic carbocycles. The molecule has 19 heavy (non-hydrogen) atoms. The average Bonchev–Trinajstić information content (AvgIpc) is 2.79. The molecular formula is C13H22N2O4. The number of amides is 1. The fourth-order valence-electron chi connectivity index (χ4n) is 2.85. The number of carbonyl (C=O) groups excluding carboxylic acids is 2. The summed E-state index contributed by atoms with van der Waals surface area (Å²) in [5.41, 5.74) is 0. The molecule has 2 aliphatic heterocycles. The Kier molecular flexibility index (Phi) is 4.76. The normalized spacial score (nSPS) is 28.4. The Hall–Kier alpha value is -1.14. The number of piperidine rings is 1. The standard InChI is InChI=1S/C13H22N2O4/c1-19-13(18)11-7-10(16)8-15(11)9-12(17)14-5-3-2-4-6-14/h10-11,16H,2-9H2,1H3. The van der Waals surface area contributed by atoms with Crippen molar-refractivity contribution in [3.05, 3.63) is 0 Å². The van der Waals surface area contributed by atoms with Crippen LogP contribution < -0.4 is 0 Å². The largest absolute Gasteiger partial charge is 0.468 e. The number of likely N-dealkylation sites (tertiary alicyclic amines) is 2. The highest BCUT2D eigenvalue weighted by atomic mass is 16.5.